The molecule has 0 spiro atoms. The van der Waals surface area contributed by atoms with Crippen molar-refractivity contribution in [2.75, 3.05) is 19.7 Å². The number of aliphatic hydroxyl groups is 1. The highest BCUT2D eigenvalue weighted by Crippen LogP contribution is 2.14. The zero-order chi connectivity index (χ0) is 20.4. The number of allylic oxidation sites excluding steroid dienone is 1. The molecule has 1 saturated heterocycles. The van der Waals surface area contributed by atoms with Gasteiger partial charge < -0.3 is 15.4 Å². The standard InChI is InChI=1S/C15H21NO.C8H15NO/c1-12-6-7-14(10-13(12)2)11-15(17)16-8-4-3-5-9-16;1-6(2)7(3)8(4-9)5-10/h6-7,10H,3-5,8-9,11H2,1-2H3;4,6,9-10H,5H2,1-3H3/b;8-7-,9-4?. The van der Waals surface area contributed by atoms with Gasteiger partial charge in [-0.25, -0.2) is 0 Å². The second kappa shape index (κ2) is 11.7. The molecular weight excluding hydrogens is 336 g/mol. The Kier molecular flexibility index (Phi) is 10.0. The van der Waals surface area contributed by atoms with Crippen molar-refractivity contribution in [3.8, 4) is 0 Å². The van der Waals surface area contributed by atoms with E-state index in [1.165, 1.54) is 36.6 Å². The van der Waals surface area contributed by atoms with Crippen molar-refractivity contribution < 1.29 is 9.90 Å². The van der Waals surface area contributed by atoms with E-state index in [1.807, 2.05) is 11.8 Å². The van der Waals surface area contributed by atoms with Gasteiger partial charge in [0.1, 0.15) is 0 Å². The molecule has 0 bridgehead atoms. The van der Waals surface area contributed by atoms with Crippen LogP contribution in [-0.2, 0) is 11.2 Å². The van der Waals surface area contributed by atoms with Gasteiger partial charge >= 0.3 is 0 Å². The average Bonchev–Trinajstić information content (AvgIpc) is 2.66. The molecule has 4 heteroatoms. The van der Waals surface area contributed by atoms with Crippen LogP contribution in [0.1, 0.15) is 56.7 Å². The summed E-state index contributed by atoms with van der Waals surface area (Å²) in [5.41, 5.74) is 5.53. The van der Waals surface area contributed by atoms with E-state index in [0.717, 1.165) is 29.8 Å². The maximum atomic E-state index is 12.1. The molecule has 1 aromatic rings. The highest BCUT2D eigenvalue weighted by Gasteiger charge is 2.16. The smallest absolute Gasteiger partial charge is 0.226 e. The molecule has 1 heterocycles. The minimum Gasteiger partial charge on any atom is -0.392 e. The zero-order valence-electron chi connectivity index (χ0n) is 17.6. The number of likely N-dealkylation sites (tertiary alicyclic amines) is 1. The SMILES string of the molecule is C/C(=C(\C=N)CO)C(C)C.Cc1ccc(CC(=O)N2CCCCC2)cc1C. The number of aliphatic hydroxyl groups excluding tert-OH is 1. The van der Waals surface area contributed by atoms with Crippen LogP contribution in [0.25, 0.3) is 0 Å². The first-order valence-electron chi connectivity index (χ1n) is 9.95. The molecule has 0 aromatic heterocycles. The molecule has 4 nitrogen and oxygen atoms in total. The number of nitrogens with one attached hydrogen (secondary N) is 1. The zero-order valence-corrected chi connectivity index (χ0v) is 17.6. The molecule has 1 amide bonds. The van der Waals surface area contributed by atoms with Crippen LogP contribution in [0.5, 0.6) is 0 Å². The molecule has 0 aliphatic carbocycles. The summed E-state index contributed by atoms with van der Waals surface area (Å²) in [7, 11) is 0. The molecule has 0 unspecified atom stereocenters. The van der Waals surface area contributed by atoms with E-state index >= 15 is 0 Å². The van der Waals surface area contributed by atoms with Crippen molar-refractivity contribution in [2.45, 2.75) is 60.3 Å². The summed E-state index contributed by atoms with van der Waals surface area (Å²) in [4.78, 5) is 14.1. The third-order valence-electron chi connectivity index (χ3n) is 5.35. The Morgan fingerprint density at radius 2 is 1.81 bits per heavy atom. The number of carbonyl (C=O) groups is 1. The molecule has 1 fully saturated rings. The number of carbonyl (C=O) groups excluding carboxylic acids is 1. The molecule has 150 valence electrons. The molecular formula is C23H36N2O2. The van der Waals surface area contributed by atoms with Gasteiger partial charge in [-0.3, -0.25) is 4.79 Å². The van der Waals surface area contributed by atoms with Crippen LogP contribution in [0.2, 0.25) is 0 Å². The van der Waals surface area contributed by atoms with Crippen molar-refractivity contribution in [3.05, 3.63) is 46.0 Å². The Morgan fingerprint density at radius 3 is 2.26 bits per heavy atom. The topological polar surface area (TPSA) is 64.4 Å². The van der Waals surface area contributed by atoms with Crippen molar-refractivity contribution in [3.63, 3.8) is 0 Å². The van der Waals surface area contributed by atoms with Crippen LogP contribution in [-0.4, -0.2) is 41.8 Å². The van der Waals surface area contributed by atoms with E-state index in [9.17, 15) is 4.79 Å². The third kappa shape index (κ3) is 7.67. The largest absolute Gasteiger partial charge is 0.392 e. The molecule has 1 aliphatic rings. The average molecular weight is 373 g/mol. The fraction of sp³-hybridized carbons (Fsp3) is 0.565. The van der Waals surface area contributed by atoms with Crippen LogP contribution in [0.15, 0.2) is 29.3 Å². The van der Waals surface area contributed by atoms with Crippen LogP contribution in [0, 0.1) is 25.2 Å². The van der Waals surface area contributed by atoms with E-state index in [4.69, 9.17) is 10.5 Å². The van der Waals surface area contributed by atoms with Crippen LogP contribution in [0.4, 0.5) is 0 Å². The maximum absolute atomic E-state index is 12.1. The number of piperidine rings is 1. The van der Waals surface area contributed by atoms with E-state index in [2.05, 4.69) is 45.9 Å². The van der Waals surface area contributed by atoms with E-state index in [1.54, 1.807) is 0 Å². The molecule has 27 heavy (non-hydrogen) atoms. The Morgan fingerprint density at radius 1 is 1.19 bits per heavy atom. The van der Waals surface area contributed by atoms with Crippen molar-refractivity contribution in [2.24, 2.45) is 5.92 Å². The van der Waals surface area contributed by atoms with Crippen LogP contribution >= 0.6 is 0 Å². The third-order valence-corrected chi connectivity index (χ3v) is 5.35. The minimum atomic E-state index is -0.0203. The van der Waals surface area contributed by atoms with Gasteiger partial charge in [0.25, 0.3) is 0 Å². The number of aryl methyl sites for hydroxylation is 2. The van der Waals surface area contributed by atoms with Crippen molar-refractivity contribution >= 4 is 12.1 Å². The fourth-order valence-corrected chi connectivity index (χ4v) is 3.00. The summed E-state index contributed by atoms with van der Waals surface area (Å²) in [5, 5.41) is 15.7. The highest BCUT2D eigenvalue weighted by molar-refractivity contribution is 5.79. The number of hydrogen-bond donors (Lipinski definition) is 2. The lowest BCUT2D eigenvalue weighted by Gasteiger charge is -2.26. The quantitative estimate of drug-likeness (QED) is 0.750. The van der Waals surface area contributed by atoms with Gasteiger partial charge in [-0.15, -0.1) is 0 Å². The second-order valence-electron chi connectivity index (χ2n) is 7.70. The molecule has 0 radical (unpaired) electrons. The highest BCUT2D eigenvalue weighted by atomic mass is 16.3. The first kappa shape index (κ1) is 23.1. The Bertz CT molecular complexity index is 656. The van der Waals surface area contributed by atoms with Gasteiger partial charge in [0, 0.05) is 19.3 Å². The summed E-state index contributed by atoms with van der Waals surface area (Å²) in [6, 6.07) is 6.31. The fourth-order valence-electron chi connectivity index (χ4n) is 3.00. The Labute approximate surface area is 164 Å². The normalized spacial score (nSPS) is 15.0. The molecule has 1 aromatic carbocycles. The van der Waals surface area contributed by atoms with Gasteiger partial charge in [-0.2, -0.15) is 0 Å². The predicted octanol–water partition coefficient (Wildman–Crippen LogP) is 4.46. The van der Waals surface area contributed by atoms with Gasteiger partial charge in [-0.1, -0.05) is 37.6 Å². The summed E-state index contributed by atoms with van der Waals surface area (Å²) >= 11 is 0. The van der Waals surface area contributed by atoms with E-state index in [-0.39, 0.29) is 12.5 Å². The van der Waals surface area contributed by atoms with E-state index in [0.29, 0.717) is 12.3 Å². The predicted molar refractivity (Wildman–Crippen MR) is 113 cm³/mol. The lowest BCUT2D eigenvalue weighted by Crippen LogP contribution is -2.36. The second-order valence-corrected chi connectivity index (χ2v) is 7.70. The summed E-state index contributed by atoms with van der Waals surface area (Å²) < 4.78 is 0. The Balaban J connectivity index is 0.000000314. The maximum Gasteiger partial charge on any atom is 0.226 e. The molecule has 0 atom stereocenters. The first-order chi connectivity index (χ1) is 12.8. The summed E-state index contributed by atoms with van der Waals surface area (Å²) in [6.45, 7) is 12.1. The number of benzene rings is 1. The first-order valence-corrected chi connectivity index (χ1v) is 9.95. The van der Waals surface area contributed by atoms with Gasteiger partial charge in [-0.05, 0) is 68.2 Å². The molecule has 1 aliphatic heterocycles. The number of amides is 1. The molecule has 2 rings (SSSR count). The van der Waals surface area contributed by atoms with Crippen LogP contribution in [0.3, 0.4) is 0 Å². The summed E-state index contributed by atoms with van der Waals surface area (Å²) in [6.07, 6.45) is 5.38. The van der Waals surface area contributed by atoms with E-state index < -0.39 is 0 Å². The molecule has 2 N–H and O–H groups in total. The Hall–Kier alpha value is -1.94. The van der Waals surface area contributed by atoms with Gasteiger partial charge in [0.15, 0.2) is 0 Å². The number of rotatable bonds is 5. The van der Waals surface area contributed by atoms with Gasteiger partial charge in [0.2, 0.25) is 5.91 Å². The van der Waals surface area contributed by atoms with Crippen molar-refractivity contribution in [1.82, 2.24) is 4.90 Å². The monoisotopic (exact) mass is 372 g/mol. The summed E-state index contributed by atoms with van der Waals surface area (Å²) in [5.74, 6) is 0.705. The number of nitrogens with zero attached hydrogens (tertiary/aromatic N) is 1. The lowest BCUT2D eigenvalue weighted by molar-refractivity contribution is -0.131. The lowest BCUT2D eigenvalue weighted by atomic mass is 10.0. The van der Waals surface area contributed by atoms with Crippen LogP contribution < -0.4 is 0 Å². The molecule has 0 saturated carbocycles. The number of hydrogen-bond acceptors (Lipinski definition) is 3. The minimum absolute atomic E-state index is 0.0203. The van der Waals surface area contributed by atoms with Gasteiger partial charge in [0.05, 0.1) is 13.0 Å². The van der Waals surface area contributed by atoms with Crippen molar-refractivity contribution in [1.29, 1.82) is 5.41 Å².